The van der Waals surface area contributed by atoms with Gasteiger partial charge in [-0.05, 0) is 68.4 Å². The Balaban J connectivity index is 1.34. The van der Waals surface area contributed by atoms with Gasteiger partial charge in [0.15, 0.2) is 0 Å². The number of fused-ring (bicyclic) bond motifs is 1. The van der Waals surface area contributed by atoms with Crippen LogP contribution in [0, 0.1) is 29.0 Å². The van der Waals surface area contributed by atoms with E-state index >= 15 is 0 Å². The van der Waals surface area contributed by atoms with Crippen LogP contribution in [-0.4, -0.2) is 18.9 Å². The third-order valence-corrected chi connectivity index (χ3v) is 8.26. The highest BCUT2D eigenvalue weighted by Gasteiger charge is 2.54. The summed E-state index contributed by atoms with van der Waals surface area (Å²) in [5.74, 6) is 1.11. The predicted octanol–water partition coefficient (Wildman–Crippen LogP) is 4.16. The molecule has 1 aromatic heterocycles. The lowest BCUT2D eigenvalue weighted by Crippen LogP contribution is -2.56. The van der Waals surface area contributed by atoms with Gasteiger partial charge in [0.2, 0.25) is 5.91 Å². The van der Waals surface area contributed by atoms with Crippen LogP contribution in [0.5, 0.6) is 0 Å². The van der Waals surface area contributed by atoms with Crippen molar-refractivity contribution in [1.29, 1.82) is 0 Å². The molecule has 4 saturated carbocycles. The molecule has 29 heavy (non-hydrogen) atoms. The SMILES string of the molecule is COCc1c(C(=O)NNC(=O)C23CC4CC(CC(C4)C2)C3)sc2cccc(F)c12. The molecular formula is C22H25FN2O3S. The monoisotopic (exact) mass is 416 g/mol. The van der Waals surface area contributed by atoms with E-state index in [0.29, 0.717) is 38.3 Å². The van der Waals surface area contributed by atoms with Gasteiger partial charge in [-0.2, -0.15) is 0 Å². The number of nitrogens with one attached hydrogen (secondary N) is 2. The highest BCUT2D eigenvalue weighted by atomic mass is 32.1. The molecule has 4 aliphatic rings. The second-order valence-corrected chi connectivity index (χ2v) is 10.1. The summed E-state index contributed by atoms with van der Waals surface area (Å²) < 4.78 is 20.2. The minimum Gasteiger partial charge on any atom is -0.380 e. The summed E-state index contributed by atoms with van der Waals surface area (Å²) in [5.41, 5.74) is 5.49. The van der Waals surface area contributed by atoms with Crippen molar-refractivity contribution < 1.29 is 18.7 Å². The number of hydrogen-bond donors (Lipinski definition) is 2. The molecule has 0 atom stereocenters. The van der Waals surface area contributed by atoms with E-state index in [1.807, 2.05) is 0 Å². The largest absolute Gasteiger partial charge is 0.380 e. The Morgan fingerprint density at radius 3 is 2.41 bits per heavy atom. The van der Waals surface area contributed by atoms with Gasteiger partial charge in [-0.25, -0.2) is 4.39 Å². The van der Waals surface area contributed by atoms with Crippen LogP contribution in [-0.2, 0) is 16.1 Å². The van der Waals surface area contributed by atoms with E-state index in [4.69, 9.17) is 4.74 Å². The summed E-state index contributed by atoms with van der Waals surface area (Å²) >= 11 is 1.21. The molecule has 0 aliphatic heterocycles. The summed E-state index contributed by atoms with van der Waals surface area (Å²) in [6.07, 6.45) is 6.57. The third-order valence-electron chi connectivity index (χ3n) is 7.07. The number of hydrogen-bond acceptors (Lipinski definition) is 4. The Hall–Kier alpha value is -1.99. The third kappa shape index (κ3) is 3.15. The van der Waals surface area contributed by atoms with E-state index in [1.165, 1.54) is 43.8 Å². The average molecular weight is 417 g/mol. The maximum absolute atomic E-state index is 14.3. The zero-order chi connectivity index (χ0) is 20.2. The number of hydrazine groups is 1. The number of amides is 2. The number of thiophene rings is 1. The number of ether oxygens (including phenoxy) is 1. The van der Waals surface area contributed by atoms with Crippen LogP contribution < -0.4 is 10.9 Å². The predicted molar refractivity (Wildman–Crippen MR) is 109 cm³/mol. The number of carbonyl (C=O) groups excluding carboxylic acids is 2. The van der Waals surface area contributed by atoms with Crippen LogP contribution in [0.4, 0.5) is 4.39 Å². The van der Waals surface area contributed by atoms with E-state index in [9.17, 15) is 14.0 Å². The lowest BCUT2D eigenvalue weighted by molar-refractivity contribution is -0.147. The normalized spacial score (nSPS) is 29.9. The topological polar surface area (TPSA) is 67.4 Å². The fourth-order valence-electron chi connectivity index (χ4n) is 6.32. The summed E-state index contributed by atoms with van der Waals surface area (Å²) in [7, 11) is 1.51. The van der Waals surface area contributed by atoms with Gasteiger partial charge >= 0.3 is 0 Å². The molecule has 6 rings (SSSR count). The molecule has 1 heterocycles. The second kappa shape index (κ2) is 7.06. The lowest BCUT2D eigenvalue weighted by Gasteiger charge is -2.55. The van der Waals surface area contributed by atoms with E-state index in [1.54, 1.807) is 12.1 Å². The van der Waals surface area contributed by atoms with Crippen molar-refractivity contribution in [3.05, 3.63) is 34.5 Å². The van der Waals surface area contributed by atoms with Gasteiger partial charge in [0.05, 0.1) is 12.0 Å². The summed E-state index contributed by atoms with van der Waals surface area (Å²) in [5, 5.41) is 0.414. The van der Waals surface area contributed by atoms with Crippen molar-refractivity contribution in [3.63, 3.8) is 0 Å². The smallest absolute Gasteiger partial charge is 0.280 e. The maximum atomic E-state index is 14.3. The zero-order valence-corrected chi connectivity index (χ0v) is 17.2. The first-order valence-electron chi connectivity index (χ1n) is 10.3. The number of rotatable bonds is 4. The van der Waals surface area contributed by atoms with Crippen molar-refractivity contribution in [3.8, 4) is 0 Å². The fraction of sp³-hybridized carbons (Fsp3) is 0.545. The molecule has 1 aromatic carbocycles. The average Bonchev–Trinajstić information content (AvgIpc) is 3.05. The van der Waals surface area contributed by atoms with Crippen LogP contribution in [0.15, 0.2) is 18.2 Å². The first-order valence-corrected chi connectivity index (χ1v) is 11.1. The molecule has 4 bridgehead atoms. The Bertz CT molecular complexity index is 951. The van der Waals surface area contributed by atoms with Crippen molar-refractivity contribution in [2.75, 3.05) is 7.11 Å². The molecule has 2 aromatic rings. The first kappa shape index (κ1) is 19.0. The molecule has 0 saturated heterocycles. The Labute approximate surface area is 173 Å². The number of methoxy groups -OCH3 is 1. The molecule has 0 radical (unpaired) electrons. The van der Waals surface area contributed by atoms with Crippen LogP contribution in [0.25, 0.3) is 10.1 Å². The summed E-state index contributed by atoms with van der Waals surface area (Å²) in [6, 6.07) is 4.79. The summed E-state index contributed by atoms with van der Waals surface area (Å²) in [6.45, 7) is 0.132. The molecule has 0 unspecified atom stereocenters. The standard InChI is InChI=1S/C22H25FN2O3S/c1-28-11-15-18-16(23)3-2-4-17(18)29-19(15)20(26)24-25-21(27)22-8-12-5-13(9-22)7-14(6-12)10-22/h2-4,12-14H,5-11H2,1H3,(H,24,26)(H,25,27). The van der Waals surface area contributed by atoms with Gasteiger partial charge in [-0.1, -0.05) is 6.07 Å². The molecule has 7 heteroatoms. The number of carbonyl (C=O) groups is 2. The molecular weight excluding hydrogens is 391 g/mol. The van der Waals surface area contributed by atoms with Gasteiger partial charge in [-0.15, -0.1) is 11.3 Å². The van der Waals surface area contributed by atoms with Crippen LogP contribution in [0.1, 0.15) is 53.8 Å². The van der Waals surface area contributed by atoms with E-state index in [-0.39, 0.29) is 23.7 Å². The van der Waals surface area contributed by atoms with Gasteiger partial charge in [-0.3, -0.25) is 20.4 Å². The Kier molecular flexibility index (Phi) is 4.62. The highest BCUT2D eigenvalue weighted by molar-refractivity contribution is 7.21. The quantitative estimate of drug-likeness (QED) is 0.736. The number of halogens is 1. The first-order chi connectivity index (χ1) is 14.0. The molecule has 0 spiro atoms. The highest BCUT2D eigenvalue weighted by Crippen LogP contribution is 2.60. The van der Waals surface area contributed by atoms with Crippen LogP contribution >= 0.6 is 11.3 Å². The molecule has 4 fully saturated rings. The lowest BCUT2D eigenvalue weighted by atomic mass is 9.49. The van der Waals surface area contributed by atoms with Crippen molar-refractivity contribution >= 4 is 33.2 Å². The fourth-order valence-corrected chi connectivity index (χ4v) is 7.44. The van der Waals surface area contributed by atoms with Gasteiger partial charge < -0.3 is 4.74 Å². The molecule has 2 N–H and O–H groups in total. The Morgan fingerprint density at radius 2 is 1.79 bits per heavy atom. The van der Waals surface area contributed by atoms with Crippen LogP contribution in [0.3, 0.4) is 0 Å². The van der Waals surface area contributed by atoms with Gasteiger partial charge in [0.1, 0.15) is 10.7 Å². The van der Waals surface area contributed by atoms with Crippen molar-refractivity contribution in [2.24, 2.45) is 23.2 Å². The van der Waals surface area contributed by atoms with Crippen molar-refractivity contribution in [2.45, 2.75) is 45.1 Å². The zero-order valence-electron chi connectivity index (χ0n) is 16.4. The second-order valence-electron chi connectivity index (χ2n) is 9.06. The Morgan fingerprint density at radius 1 is 1.14 bits per heavy atom. The number of benzene rings is 1. The minimum absolute atomic E-state index is 0.0643. The van der Waals surface area contributed by atoms with E-state index in [0.717, 1.165) is 19.3 Å². The van der Waals surface area contributed by atoms with E-state index < -0.39 is 5.91 Å². The van der Waals surface area contributed by atoms with Gasteiger partial charge in [0, 0.05) is 22.8 Å². The molecule has 4 aliphatic carbocycles. The molecule has 154 valence electrons. The van der Waals surface area contributed by atoms with Gasteiger partial charge in [0.25, 0.3) is 5.91 Å². The van der Waals surface area contributed by atoms with E-state index in [2.05, 4.69) is 10.9 Å². The molecule has 5 nitrogen and oxygen atoms in total. The minimum atomic E-state index is -0.421. The van der Waals surface area contributed by atoms with Crippen molar-refractivity contribution in [1.82, 2.24) is 10.9 Å². The molecule has 2 amide bonds. The summed E-state index contributed by atoms with van der Waals surface area (Å²) in [4.78, 5) is 26.3. The van der Waals surface area contributed by atoms with Crippen LogP contribution in [0.2, 0.25) is 0 Å². The maximum Gasteiger partial charge on any atom is 0.280 e.